The number of fused-ring (bicyclic) bond motifs is 5. The SMILES string of the molecule is C[N+]1(C)C2CC(OC(=O)Nc3ccc(F)cc3-c3cccs3)CC1C1OC12. The van der Waals surface area contributed by atoms with Crippen molar-refractivity contribution in [2.75, 3.05) is 19.4 Å². The van der Waals surface area contributed by atoms with Crippen LogP contribution in [-0.4, -0.2) is 55.1 Å². The molecule has 1 aromatic heterocycles. The highest BCUT2D eigenvalue weighted by Gasteiger charge is 2.70. The number of quaternary nitrogens is 1. The van der Waals surface area contributed by atoms with Crippen LogP contribution in [0.2, 0.25) is 0 Å². The number of ether oxygens (including phenoxy) is 2. The van der Waals surface area contributed by atoms with Crippen molar-refractivity contribution in [3.05, 3.63) is 41.5 Å². The van der Waals surface area contributed by atoms with Crippen LogP contribution in [-0.2, 0) is 9.47 Å². The van der Waals surface area contributed by atoms with Crippen molar-refractivity contribution < 1.29 is 23.1 Å². The van der Waals surface area contributed by atoms with Gasteiger partial charge in [-0.25, -0.2) is 9.18 Å². The number of anilines is 1. The van der Waals surface area contributed by atoms with E-state index in [9.17, 15) is 9.18 Å². The number of halogens is 1. The smallest absolute Gasteiger partial charge is 0.411 e. The number of nitrogens with zero attached hydrogens (tertiary/aromatic N) is 1. The molecule has 0 spiro atoms. The summed E-state index contributed by atoms with van der Waals surface area (Å²) in [6.07, 6.45) is 1.70. The first-order chi connectivity index (χ1) is 12.9. The monoisotopic (exact) mass is 389 g/mol. The second kappa shape index (κ2) is 6.02. The molecule has 2 aromatic rings. The number of hydrogen-bond donors (Lipinski definition) is 1. The van der Waals surface area contributed by atoms with Gasteiger partial charge in [0, 0.05) is 23.3 Å². The van der Waals surface area contributed by atoms with Gasteiger partial charge < -0.3 is 14.0 Å². The molecule has 3 aliphatic rings. The van der Waals surface area contributed by atoms with E-state index in [4.69, 9.17) is 9.47 Å². The molecule has 0 radical (unpaired) electrons. The molecule has 4 heterocycles. The molecule has 1 amide bonds. The van der Waals surface area contributed by atoms with E-state index in [1.165, 1.54) is 23.5 Å². The largest absolute Gasteiger partial charge is 0.445 e. The predicted octanol–water partition coefficient (Wildman–Crippen LogP) is 3.86. The quantitative estimate of drug-likeness (QED) is 0.641. The number of rotatable bonds is 3. The second-order valence-electron chi connectivity index (χ2n) is 8.12. The van der Waals surface area contributed by atoms with E-state index >= 15 is 0 Å². The lowest BCUT2D eigenvalue weighted by Gasteiger charge is -2.45. The van der Waals surface area contributed by atoms with Crippen LogP contribution in [0.25, 0.3) is 10.4 Å². The average molecular weight is 389 g/mol. The van der Waals surface area contributed by atoms with Crippen LogP contribution in [0.1, 0.15) is 12.8 Å². The number of carbonyl (C=O) groups is 1. The van der Waals surface area contributed by atoms with Crippen LogP contribution in [0.3, 0.4) is 0 Å². The molecule has 142 valence electrons. The Morgan fingerprint density at radius 2 is 2.00 bits per heavy atom. The molecule has 0 aliphatic carbocycles. The lowest BCUT2D eigenvalue weighted by atomic mass is 9.96. The fourth-order valence-electron chi connectivity index (χ4n) is 4.85. The molecule has 1 N–H and O–H groups in total. The van der Waals surface area contributed by atoms with E-state index < -0.39 is 6.09 Å². The zero-order valence-corrected chi connectivity index (χ0v) is 16.0. The Morgan fingerprint density at radius 3 is 2.67 bits per heavy atom. The average Bonchev–Trinajstić information content (AvgIpc) is 3.17. The molecule has 3 fully saturated rings. The molecule has 1 aromatic carbocycles. The third kappa shape index (κ3) is 2.85. The van der Waals surface area contributed by atoms with Gasteiger partial charge in [0.05, 0.1) is 19.8 Å². The van der Waals surface area contributed by atoms with Gasteiger partial charge in [-0.15, -0.1) is 11.3 Å². The number of nitrogens with one attached hydrogen (secondary N) is 1. The summed E-state index contributed by atoms with van der Waals surface area (Å²) in [5.41, 5.74) is 1.23. The number of epoxide rings is 1. The molecule has 2 bridgehead atoms. The van der Waals surface area contributed by atoms with Gasteiger partial charge in [-0.2, -0.15) is 0 Å². The van der Waals surface area contributed by atoms with Gasteiger partial charge in [-0.05, 0) is 29.6 Å². The first-order valence-corrected chi connectivity index (χ1v) is 10.1. The molecule has 4 atom stereocenters. The molecule has 27 heavy (non-hydrogen) atoms. The molecular formula is C20H22FN2O3S+. The molecule has 0 saturated carbocycles. The van der Waals surface area contributed by atoms with E-state index in [0.717, 1.165) is 22.2 Å². The van der Waals surface area contributed by atoms with Crippen LogP contribution in [0.4, 0.5) is 14.9 Å². The number of hydrogen-bond acceptors (Lipinski definition) is 4. The van der Waals surface area contributed by atoms with Crippen molar-refractivity contribution in [1.82, 2.24) is 0 Å². The third-order valence-corrected chi connectivity index (χ3v) is 7.22. The first kappa shape index (κ1) is 17.2. The highest BCUT2D eigenvalue weighted by atomic mass is 32.1. The lowest BCUT2D eigenvalue weighted by Crippen LogP contribution is -2.60. The molecule has 7 heteroatoms. The van der Waals surface area contributed by atoms with Gasteiger partial charge in [0.15, 0.2) is 0 Å². The summed E-state index contributed by atoms with van der Waals surface area (Å²) in [5.74, 6) is -0.333. The fourth-order valence-corrected chi connectivity index (χ4v) is 5.61. The van der Waals surface area contributed by atoms with Crippen LogP contribution in [0.15, 0.2) is 35.7 Å². The summed E-state index contributed by atoms with van der Waals surface area (Å²) >= 11 is 1.50. The maximum absolute atomic E-state index is 13.7. The van der Waals surface area contributed by atoms with Crippen molar-refractivity contribution >= 4 is 23.1 Å². The van der Waals surface area contributed by atoms with E-state index in [-0.39, 0.29) is 11.9 Å². The Hall–Kier alpha value is -1.96. The molecule has 5 nitrogen and oxygen atoms in total. The molecular weight excluding hydrogens is 367 g/mol. The Kier molecular flexibility index (Phi) is 3.83. The second-order valence-corrected chi connectivity index (χ2v) is 9.07. The highest BCUT2D eigenvalue weighted by molar-refractivity contribution is 7.13. The van der Waals surface area contributed by atoms with Crippen LogP contribution in [0.5, 0.6) is 0 Å². The Labute approximate surface area is 161 Å². The minimum Gasteiger partial charge on any atom is -0.445 e. The molecule has 5 rings (SSSR count). The Bertz CT molecular complexity index is 865. The van der Waals surface area contributed by atoms with Gasteiger partial charge in [0.2, 0.25) is 0 Å². The summed E-state index contributed by atoms with van der Waals surface area (Å²) in [5, 5.41) is 4.73. The lowest BCUT2D eigenvalue weighted by molar-refractivity contribution is -0.938. The summed E-state index contributed by atoms with van der Waals surface area (Å²) in [6.45, 7) is 0. The fraction of sp³-hybridized carbons (Fsp3) is 0.450. The van der Waals surface area contributed by atoms with Gasteiger partial charge >= 0.3 is 6.09 Å². The van der Waals surface area contributed by atoms with E-state index in [0.29, 0.717) is 35.5 Å². The number of likely N-dealkylation sites (N-methyl/N-ethyl adjacent to an activating group) is 1. The minimum atomic E-state index is -0.481. The van der Waals surface area contributed by atoms with Crippen molar-refractivity contribution in [1.29, 1.82) is 0 Å². The maximum atomic E-state index is 13.7. The summed E-state index contributed by atoms with van der Waals surface area (Å²) in [4.78, 5) is 13.4. The number of benzene rings is 1. The topological polar surface area (TPSA) is 50.9 Å². The zero-order valence-electron chi connectivity index (χ0n) is 15.2. The standard InChI is InChI=1S/C20H21FN2O3S/c1-23(2)15-9-12(10-16(23)19-18(15)26-19)25-20(24)22-14-6-5-11(21)8-13(14)17-4-3-7-27-17/h3-8,12,15-16,18-19H,9-10H2,1-2H3/p+1. The van der Waals surface area contributed by atoms with Crippen LogP contribution >= 0.6 is 11.3 Å². The summed E-state index contributed by atoms with van der Waals surface area (Å²) in [7, 11) is 4.49. The molecule has 3 aliphatic heterocycles. The molecule has 4 unspecified atom stereocenters. The zero-order chi connectivity index (χ0) is 18.8. The number of carbonyl (C=O) groups excluding carboxylic acids is 1. The Morgan fingerprint density at radius 1 is 1.26 bits per heavy atom. The third-order valence-electron chi connectivity index (χ3n) is 6.32. The van der Waals surface area contributed by atoms with Crippen LogP contribution in [0, 0.1) is 5.82 Å². The van der Waals surface area contributed by atoms with Gasteiger partial charge in [0.25, 0.3) is 0 Å². The van der Waals surface area contributed by atoms with Crippen LogP contribution < -0.4 is 5.32 Å². The summed E-state index contributed by atoms with van der Waals surface area (Å²) < 4.78 is 26.2. The Balaban J connectivity index is 1.29. The van der Waals surface area contributed by atoms with Gasteiger partial charge in [-0.3, -0.25) is 5.32 Å². The van der Waals surface area contributed by atoms with E-state index in [1.807, 2.05) is 17.5 Å². The van der Waals surface area contributed by atoms with E-state index in [2.05, 4.69) is 19.4 Å². The maximum Gasteiger partial charge on any atom is 0.411 e. The number of amides is 1. The first-order valence-electron chi connectivity index (χ1n) is 9.23. The normalized spacial score (nSPS) is 32.6. The van der Waals surface area contributed by atoms with Gasteiger partial charge in [-0.1, -0.05) is 6.07 Å². The van der Waals surface area contributed by atoms with Crippen molar-refractivity contribution in [2.45, 2.75) is 43.2 Å². The highest BCUT2D eigenvalue weighted by Crippen LogP contribution is 2.51. The van der Waals surface area contributed by atoms with Crippen molar-refractivity contribution in [2.24, 2.45) is 0 Å². The van der Waals surface area contributed by atoms with Crippen molar-refractivity contribution in [3.8, 4) is 10.4 Å². The number of piperidine rings is 1. The summed E-state index contributed by atoms with van der Waals surface area (Å²) in [6, 6.07) is 8.95. The van der Waals surface area contributed by atoms with E-state index in [1.54, 1.807) is 6.07 Å². The predicted molar refractivity (Wildman–Crippen MR) is 101 cm³/mol. The number of morpholine rings is 1. The van der Waals surface area contributed by atoms with Gasteiger partial charge in [0.1, 0.15) is 36.2 Å². The van der Waals surface area contributed by atoms with Crippen molar-refractivity contribution in [3.63, 3.8) is 0 Å². The number of thiophene rings is 1. The minimum absolute atomic E-state index is 0.104. The molecule has 3 saturated heterocycles.